The summed E-state index contributed by atoms with van der Waals surface area (Å²) in [5.41, 5.74) is 0. The summed E-state index contributed by atoms with van der Waals surface area (Å²) in [7, 11) is 0. The molecule has 0 aromatic rings. The van der Waals surface area contributed by atoms with Crippen molar-refractivity contribution in [2.24, 2.45) is 0 Å². The number of allylic oxidation sites excluding steroid dienone is 6. The highest BCUT2D eigenvalue weighted by Crippen LogP contribution is 2.04. The Morgan fingerprint density at radius 3 is 1.78 bits per heavy atom. The van der Waals surface area contributed by atoms with Gasteiger partial charge in [-0.05, 0) is 57.8 Å². The van der Waals surface area contributed by atoms with Gasteiger partial charge >= 0.3 is 5.97 Å². The summed E-state index contributed by atoms with van der Waals surface area (Å²) in [6.45, 7) is 2.23. The van der Waals surface area contributed by atoms with E-state index in [2.05, 4.69) is 37.3 Å². The highest BCUT2D eigenvalue weighted by molar-refractivity contribution is 5.71. The molecule has 0 heterocycles. The minimum atomic E-state index is -1.24. The molecule has 2 N–H and O–H groups in total. The molecule has 0 aromatic carbocycles. The highest BCUT2D eigenvalue weighted by atomic mass is 16.4. The molecule has 0 aliphatic carbocycles. The van der Waals surface area contributed by atoms with Gasteiger partial charge in [-0.25, -0.2) is 4.79 Å². The summed E-state index contributed by atoms with van der Waals surface area (Å²) in [6, 6.07) is 0. The largest absolute Gasteiger partial charge is 0.479 e. The molecule has 0 radical (unpaired) electrons. The van der Waals surface area contributed by atoms with Crippen molar-refractivity contribution in [3.63, 3.8) is 0 Å². The van der Waals surface area contributed by atoms with Crippen molar-refractivity contribution in [1.29, 1.82) is 0 Å². The lowest BCUT2D eigenvalue weighted by Gasteiger charge is -2.00. The molecule has 0 fully saturated rings. The number of hydrogen-bond donors (Lipinski definition) is 2. The van der Waals surface area contributed by atoms with Crippen molar-refractivity contribution in [3.8, 4) is 0 Å². The van der Waals surface area contributed by atoms with Crippen LogP contribution < -0.4 is 0 Å². The fraction of sp³-hybridized carbons (Fsp3) is 0.650. The van der Waals surface area contributed by atoms with Crippen LogP contribution in [0.15, 0.2) is 36.5 Å². The van der Waals surface area contributed by atoms with E-state index in [0.717, 1.165) is 19.3 Å². The monoisotopic (exact) mass is 322 g/mol. The molecule has 0 bridgehead atoms. The van der Waals surface area contributed by atoms with Gasteiger partial charge in [0.2, 0.25) is 0 Å². The smallest absolute Gasteiger partial charge is 0.332 e. The molecule has 0 aromatic heterocycles. The molecule has 3 nitrogen and oxygen atoms in total. The minimum absolute atomic E-state index is 0.285. The molecular formula is C20H34O3. The van der Waals surface area contributed by atoms with Gasteiger partial charge in [0, 0.05) is 0 Å². The first-order chi connectivity index (χ1) is 11.2. The van der Waals surface area contributed by atoms with E-state index >= 15 is 0 Å². The quantitative estimate of drug-likeness (QED) is 0.313. The first-order valence-corrected chi connectivity index (χ1v) is 9.04. The summed E-state index contributed by atoms with van der Waals surface area (Å²) >= 11 is 0. The van der Waals surface area contributed by atoms with Crippen molar-refractivity contribution in [2.45, 2.75) is 83.7 Å². The Morgan fingerprint density at radius 1 is 0.783 bits per heavy atom. The standard InChI is InChI=1S/C20H34O3/c1-2-3-4-5-6-7-8-9-10-11-12-13-14-15-16-17-18-19(21)20(22)23/h6-7,11-12,15-16,19,21H,2-5,8-10,13-14,17-18H2,1H3,(H,22,23)/b7-6-,12-11+,16-15-. The lowest BCUT2D eigenvalue weighted by molar-refractivity contribution is -0.146. The van der Waals surface area contributed by atoms with Gasteiger partial charge in [-0.1, -0.05) is 56.2 Å². The van der Waals surface area contributed by atoms with Crippen LogP contribution in [0.25, 0.3) is 0 Å². The highest BCUT2D eigenvalue weighted by Gasteiger charge is 2.10. The topological polar surface area (TPSA) is 57.5 Å². The second-order valence-corrected chi connectivity index (χ2v) is 5.85. The molecule has 1 atom stereocenters. The second-order valence-electron chi connectivity index (χ2n) is 5.85. The van der Waals surface area contributed by atoms with Gasteiger partial charge < -0.3 is 10.2 Å². The third kappa shape index (κ3) is 16.8. The fourth-order valence-electron chi connectivity index (χ4n) is 2.14. The lowest BCUT2D eigenvalue weighted by atomic mass is 10.1. The molecule has 23 heavy (non-hydrogen) atoms. The summed E-state index contributed by atoms with van der Waals surface area (Å²) in [5.74, 6) is -1.14. The van der Waals surface area contributed by atoms with Gasteiger partial charge in [0.1, 0.15) is 0 Å². The van der Waals surface area contributed by atoms with Crippen LogP contribution in [0.4, 0.5) is 0 Å². The van der Waals surface area contributed by atoms with Crippen molar-refractivity contribution in [1.82, 2.24) is 0 Å². The number of carboxylic acid groups (broad SMARTS) is 1. The summed E-state index contributed by atoms with van der Waals surface area (Å²) < 4.78 is 0. The van der Waals surface area contributed by atoms with Crippen LogP contribution in [0, 0.1) is 0 Å². The molecule has 0 rings (SSSR count). The van der Waals surface area contributed by atoms with E-state index in [0.29, 0.717) is 6.42 Å². The Balaban J connectivity index is 3.36. The van der Waals surface area contributed by atoms with Crippen molar-refractivity contribution >= 4 is 5.97 Å². The molecule has 0 aliphatic rings. The van der Waals surface area contributed by atoms with E-state index in [1.807, 2.05) is 6.08 Å². The number of aliphatic hydroxyl groups excluding tert-OH is 1. The molecule has 0 amide bonds. The third-order valence-corrected chi connectivity index (χ3v) is 3.61. The second kappa shape index (κ2) is 17.0. The number of carboxylic acids is 1. The summed E-state index contributed by atoms with van der Waals surface area (Å²) in [5, 5.41) is 17.6. The average Bonchev–Trinajstić information content (AvgIpc) is 2.54. The van der Waals surface area contributed by atoms with Crippen LogP contribution in [-0.2, 0) is 4.79 Å². The maximum absolute atomic E-state index is 10.4. The van der Waals surface area contributed by atoms with Gasteiger partial charge in [-0.2, -0.15) is 0 Å². The molecule has 0 saturated carbocycles. The van der Waals surface area contributed by atoms with E-state index in [9.17, 15) is 4.79 Å². The van der Waals surface area contributed by atoms with Crippen molar-refractivity contribution in [3.05, 3.63) is 36.5 Å². The molecule has 0 spiro atoms. The van der Waals surface area contributed by atoms with Crippen LogP contribution in [0.2, 0.25) is 0 Å². The van der Waals surface area contributed by atoms with Gasteiger partial charge in [0.25, 0.3) is 0 Å². The third-order valence-electron chi connectivity index (χ3n) is 3.61. The van der Waals surface area contributed by atoms with Gasteiger partial charge in [-0.15, -0.1) is 0 Å². The summed E-state index contributed by atoms with van der Waals surface area (Å²) in [4.78, 5) is 10.4. The van der Waals surface area contributed by atoms with Crippen LogP contribution in [0.3, 0.4) is 0 Å². The lowest BCUT2D eigenvalue weighted by Crippen LogP contribution is -2.18. The van der Waals surface area contributed by atoms with E-state index in [1.165, 1.54) is 38.5 Å². The maximum Gasteiger partial charge on any atom is 0.332 e. The fourth-order valence-corrected chi connectivity index (χ4v) is 2.14. The predicted octanol–water partition coefficient (Wildman–Crippen LogP) is 5.41. The van der Waals surface area contributed by atoms with Gasteiger partial charge in [-0.3, -0.25) is 0 Å². The molecule has 132 valence electrons. The number of carbonyl (C=O) groups is 1. The van der Waals surface area contributed by atoms with E-state index in [-0.39, 0.29) is 6.42 Å². The molecule has 3 heteroatoms. The van der Waals surface area contributed by atoms with Gasteiger partial charge in [0.15, 0.2) is 6.10 Å². The Labute approximate surface area is 141 Å². The Bertz CT molecular complexity index is 356. The first kappa shape index (κ1) is 21.6. The number of aliphatic hydroxyl groups is 1. The normalized spacial score (nSPS) is 13.5. The zero-order valence-electron chi connectivity index (χ0n) is 14.6. The van der Waals surface area contributed by atoms with E-state index in [4.69, 9.17) is 10.2 Å². The molecule has 0 saturated heterocycles. The number of unbranched alkanes of at least 4 members (excludes halogenated alkanes) is 6. The van der Waals surface area contributed by atoms with Crippen LogP contribution >= 0.6 is 0 Å². The average molecular weight is 322 g/mol. The minimum Gasteiger partial charge on any atom is -0.479 e. The Kier molecular flexibility index (Phi) is 16.0. The number of rotatable bonds is 15. The van der Waals surface area contributed by atoms with E-state index < -0.39 is 12.1 Å². The van der Waals surface area contributed by atoms with Crippen LogP contribution in [0.5, 0.6) is 0 Å². The number of aliphatic carboxylic acids is 1. The number of hydrogen-bond acceptors (Lipinski definition) is 2. The maximum atomic E-state index is 10.4. The molecular weight excluding hydrogens is 288 g/mol. The summed E-state index contributed by atoms with van der Waals surface area (Å²) in [6.07, 6.45) is 23.4. The van der Waals surface area contributed by atoms with Crippen molar-refractivity contribution < 1.29 is 15.0 Å². The molecule has 0 aliphatic heterocycles. The molecule has 1 unspecified atom stereocenters. The first-order valence-electron chi connectivity index (χ1n) is 9.04. The predicted molar refractivity (Wildman–Crippen MR) is 97.5 cm³/mol. The van der Waals surface area contributed by atoms with E-state index in [1.54, 1.807) is 0 Å². The Hall–Kier alpha value is -1.35. The Morgan fingerprint density at radius 2 is 1.26 bits per heavy atom. The SMILES string of the molecule is CCCCC/C=C\CCC/C=C/CC/C=C\CCC(O)C(=O)O. The zero-order chi connectivity index (χ0) is 17.2. The van der Waals surface area contributed by atoms with Crippen LogP contribution in [-0.4, -0.2) is 22.3 Å². The van der Waals surface area contributed by atoms with Crippen molar-refractivity contribution in [2.75, 3.05) is 0 Å². The zero-order valence-corrected chi connectivity index (χ0v) is 14.6. The van der Waals surface area contributed by atoms with Gasteiger partial charge in [0.05, 0.1) is 0 Å². The van der Waals surface area contributed by atoms with Crippen LogP contribution in [0.1, 0.15) is 77.6 Å².